The lowest BCUT2D eigenvalue weighted by Crippen LogP contribution is -2.11. The van der Waals surface area contributed by atoms with E-state index in [1.165, 1.54) is 24.3 Å². The molecule has 3 rings (SSSR count). The Morgan fingerprint density at radius 2 is 1.62 bits per heavy atom. The lowest BCUT2D eigenvalue weighted by atomic mass is 9.98. The summed E-state index contributed by atoms with van der Waals surface area (Å²) in [5.74, 6) is 0.173. The molecule has 7 heteroatoms. The standard InChI is InChI=1S/C17H15FN2O3S/c1-2-15-16(11-3-7-13(18)8-4-11)17(23-20-15)12-5-9-14(10-6-12)24(19,21)22/h3-10H,2H2,1H3,(H2,19,21,22). The van der Waals surface area contributed by atoms with Crippen LogP contribution in [0.25, 0.3) is 22.5 Å². The Bertz CT molecular complexity index is 962. The number of aryl methyl sites for hydroxylation is 1. The number of halogens is 1. The second kappa shape index (κ2) is 6.18. The highest BCUT2D eigenvalue weighted by Gasteiger charge is 2.19. The van der Waals surface area contributed by atoms with Gasteiger partial charge in [0.15, 0.2) is 5.76 Å². The van der Waals surface area contributed by atoms with E-state index in [-0.39, 0.29) is 10.7 Å². The zero-order chi connectivity index (χ0) is 17.3. The molecule has 0 unspecified atom stereocenters. The van der Waals surface area contributed by atoms with E-state index in [9.17, 15) is 12.8 Å². The van der Waals surface area contributed by atoms with Gasteiger partial charge in [0.2, 0.25) is 10.0 Å². The van der Waals surface area contributed by atoms with E-state index >= 15 is 0 Å². The number of hydrogen-bond acceptors (Lipinski definition) is 4. The Labute approximate surface area is 139 Å². The smallest absolute Gasteiger partial charge is 0.238 e. The second-order valence-corrected chi connectivity index (χ2v) is 6.82. The average molecular weight is 346 g/mol. The van der Waals surface area contributed by atoms with Gasteiger partial charge in [-0.2, -0.15) is 0 Å². The van der Waals surface area contributed by atoms with Crippen molar-refractivity contribution >= 4 is 10.0 Å². The molecule has 1 aromatic heterocycles. The number of nitrogens with zero attached hydrogens (tertiary/aromatic N) is 1. The molecule has 0 aliphatic rings. The van der Waals surface area contributed by atoms with Crippen molar-refractivity contribution in [3.05, 3.63) is 60.0 Å². The zero-order valence-electron chi connectivity index (χ0n) is 12.9. The molecule has 0 spiro atoms. The third-order valence-electron chi connectivity index (χ3n) is 3.68. The molecule has 0 aliphatic heterocycles. The van der Waals surface area contributed by atoms with Crippen molar-refractivity contribution < 1.29 is 17.3 Å². The third-order valence-corrected chi connectivity index (χ3v) is 4.60. The highest BCUT2D eigenvalue weighted by atomic mass is 32.2. The highest BCUT2D eigenvalue weighted by Crippen LogP contribution is 2.35. The topological polar surface area (TPSA) is 86.2 Å². The van der Waals surface area contributed by atoms with Crippen LogP contribution in [0.2, 0.25) is 0 Å². The number of hydrogen-bond donors (Lipinski definition) is 1. The molecule has 2 N–H and O–H groups in total. The first-order valence-corrected chi connectivity index (χ1v) is 8.82. The van der Waals surface area contributed by atoms with Crippen molar-refractivity contribution in [2.24, 2.45) is 5.14 Å². The fraction of sp³-hybridized carbons (Fsp3) is 0.118. The normalized spacial score (nSPS) is 11.6. The van der Waals surface area contributed by atoms with Crippen LogP contribution in [0.1, 0.15) is 12.6 Å². The molecular formula is C17H15FN2O3S. The van der Waals surface area contributed by atoms with Crippen molar-refractivity contribution in [1.29, 1.82) is 0 Å². The lowest BCUT2D eigenvalue weighted by Gasteiger charge is -2.05. The predicted octanol–water partition coefficient (Wildman–Crippen LogP) is 3.36. The first-order valence-electron chi connectivity index (χ1n) is 7.28. The van der Waals surface area contributed by atoms with Gasteiger partial charge >= 0.3 is 0 Å². The molecule has 124 valence electrons. The molecule has 0 aliphatic carbocycles. The van der Waals surface area contributed by atoms with Gasteiger partial charge in [-0.25, -0.2) is 17.9 Å². The molecule has 0 bridgehead atoms. The predicted molar refractivity (Wildman–Crippen MR) is 88.1 cm³/mol. The summed E-state index contributed by atoms with van der Waals surface area (Å²) in [6.07, 6.45) is 0.644. The Morgan fingerprint density at radius 3 is 2.17 bits per heavy atom. The number of benzene rings is 2. The number of rotatable bonds is 4. The van der Waals surface area contributed by atoms with Crippen molar-refractivity contribution in [2.75, 3.05) is 0 Å². The van der Waals surface area contributed by atoms with Crippen molar-refractivity contribution in [3.8, 4) is 22.5 Å². The average Bonchev–Trinajstić information content (AvgIpc) is 2.99. The van der Waals surface area contributed by atoms with Gasteiger partial charge in [-0.15, -0.1) is 0 Å². The summed E-state index contributed by atoms with van der Waals surface area (Å²) in [7, 11) is -3.76. The first kappa shape index (κ1) is 16.4. The maximum atomic E-state index is 13.2. The number of aromatic nitrogens is 1. The van der Waals surface area contributed by atoms with Gasteiger partial charge in [0.1, 0.15) is 5.82 Å². The minimum atomic E-state index is -3.76. The van der Waals surface area contributed by atoms with Gasteiger partial charge in [-0.3, -0.25) is 0 Å². The maximum Gasteiger partial charge on any atom is 0.238 e. The number of primary sulfonamides is 1. The molecule has 24 heavy (non-hydrogen) atoms. The second-order valence-electron chi connectivity index (χ2n) is 5.26. The Kier molecular flexibility index (Phi) is 4.21. The summed E-state index contributed by atoms with van der Waals surface area (Å²) in [6, 6.07) is 12.1. The summed E-state index contributed by atoms with van der Waals surface area (Å²) in [5.41, 5.74) is 2.95. The van der Waals surface area contributed by atoms with E-state index in [0.717, 1.165) is 16.8 Å². The molecule has 5 nitrogen and oxygen atoms in total. The summed E-state index contributed by atoms with van der Waals surface area (Å²) in [5, 5.41) is 9.18. The molecule has 0 amide bonds. The van der Waals surface area contributed by atoms with Crippen LogP contribution in [-0.4, -0.2) is 13.6 Å². The summed E-state index contributed by atoms with van der Waals surface area (Å²) in [4.78, 5) is 0.0183. The molecule has 0 fully saturated rings. The summed E-state index contributed by atoms with van der Waals surface area (Å²) < 4.78 is 41.4. The molecule has 2 aromatic carbocycles. The quantitative estimate of drug-likeness (QED) is 0.785. The van der Waals surface area contributed by atoms with Gasteiger partial charge in [0.25, 0.3) is 0 Å². The van der Waals surface area contributed by atoms with Gasteiger partial charge < -0.3 is 4.52 Å². The Balaban J connectivity index is 2.12. The number of sulfonamides is 1. The Hall–Kier alpha value is -2.51. The fourth-order valence-corrected chi connectivity index (χ4v) is 2.99. The van der Waals surface area contributed by atoms with Crippen LogP contribution in [0.15, 0.2) is 57.9 Å². The van der Waals surface area contributed by atoms with Crippen LogP contribution in [-0.2, 0) is 16.4 Å². The van der Waals surface area contributed by atoms with Crippen LogP contribution in [0.4, 0.5) is 4.39 Å². The minimum Gasteiger partial charge on any atom is -0.355 e. The molecule has 0 saturated heterocycles. The number of nitrogens with two attached hydrogens (primary N) is 1. The van der Waals surface area contributed by atoms with Gasteiger partial charge in [0.05, 0.1) is 16.2 Å². The maximum absolute atomic E-state index is 13.2. The van der Waals surface area contributed by atoms with Gasteiger partial charge in [-0.1, -0.05) is 24.2 Å². The van der Waals surface area contributed by atoms with Gasteiger partial charge in [0, 0.05) is 5.56 Å². The van der Waals surface area contributed by atoms with E-state index in [2.05, 4.69) is 5.16 Å². The molecule has 1 heterocycles. The molecule has 0 radical (unpaired) electrons. The van der Waals surface area contributed by atoms with Crippen molar-refractivity contribution in [3.63, 3.8) is 0 Å². The largest absolute Gasteiger partial charge is 0.355 e. The minimum absolute atomic E-state index is 0.0183. The van der Waals surface area contributed by atoms with E-state index in [0.29, 0.717) is 17.7 Å². The molecule has 0 atom stereocenters. The fourth-order valence-electron chi connectivity index (χ4n) is 2.47. The first-order chi connectivity index (χ1) is 11.4. The molecular weight excluding hydrogens is 331 g/mol. The van der Waals surface area contributed by atoms with Crippen molar-refractivity contribution in [2.45, 2.75) is 18.2 Å². The monoisotopic (exact) mass is 346 g/mol. The molecule has 0 saturated carbocycles. The van der Waals surface area contributed by atoms with E-state index in [1.54, 1.807) is 24.3 Å². The van der Waals surface area contributed by atoms with Crippen LogP contribution < -0.4 is 5.14 Å². The van der Waals surface area contributed by atoms with E-state index in [4.69, 9.17) is 9.66 Å². The summed E-state index contributed by atoms with van der Waals surface area (Å²) >= 11 is 0. The lowest BCUT2D eigenvalue weighted by molar-refractivity contribution is 0.424. The highest BCUT2D eigenvalue weighted by molar-refractivity contribution is 7.89. The van der Waals surface area contributed by atoms with Crippen LogP contribution in [0, 0.1) is 5.82 Å². The third kappa shape index (κ3) is 3.08. The Morgan fingerprint density at radius 1 is 1.04 bits per heavy atom. The van der Waals surface area contributed by atoms with Gasteiger partial charge in [-0.05, 0) is 48.4 Å². The van der Waals surface area contributed by atoms with Crippen LogP contribution in [0.3, 0.4) is 0 Å². The summed E-state index contributed by atoms with van der Waals surface area (Å²) in [6.45, 7) is 1.94. The van der Waals surface area contributed by atoms with Crippen molar-refractivity contribution in [1.82, 2.24) is 5.16 Å². The zero-order valence-corrected chi connectivity index (χ0v) is 13.7. The van der Waals surface area contributed by atoms with E-state index in [1.807, 2.05) is 6.92 Å². The SMILES string of the molecule is CCc1noc(-c2ccc(S(N)(=O)=O)cc2)c1-c1ccc(F)cc1. The van der Waals surface area contributed by atoms with Crippen LogP contribution >= 0.6 is 0 Å². The van der Waals surface area contributed by atoms with E-state index < -0.39 is 10.0 Å². The van der Waals surface area contributed by atoms with Crippen LogP contribution in [0.5, 0.6) is 0 Å². The molecule has 3 aromatic rings.